The molecule has 0 fully saturated rings. The van der Waals surface area contributed by atoms with E-state index in [0.29, 0.717) is 18.9 Å². The highest BCUT2D eigenvalue weighted by molar-refractivity contribution is 7.79. The molecule has 0 saturated heterocycles. The Balaban J connectivity index is 4.09. The maximum Gasteiger partial charge on any atom is 0.233 e. The highest BCUT2D eigenvalue weighted by atomic mass is 32.1. The molecule has 18 heavy (non-hydrogen) atoms. The molecule has 1 N–H and O–H groups in total. The van der Waals surface area contributed by atoms with Gasteiger partial charge >= 0.3 is 0 Å². The van der Waals surface area contributed by atoms with Gasteiger partial charge in [-0.15, -0.1) is 0 Å². The molecule has 0 heterocycles. The van der Waals surface area contributed by atoms with E-state index in [1.807, 2.05) is 19.0 Å². The van der Waals surface area contributed by atoms with Gasteiger partial charge in [-0.2, -0.15) is 0 Å². The highest BCUT2D eigenvalue weighted by Crippen LogP contribution is 2.04. The average Bonchev–Trinajstić information content (AvgIpc) is 2.28. The minimum atomic E-state index is 0.0633. The number of likely N-dealkylation sites (N-methyl/N-ethyl adjacent to an activating group) is 1. The van der Waals surface area contributed by atoms with E-state index in [0.717, 1.165) is 18.4 Å². The van der Waals surface area contributed by atoms with Gasteiger partial charge in [-0.25, -0.2) is 4.40 Å². The summed E-state index contributed by atoms with van der Waals surface area (Å²) < 4.78 is 9.16. The Morgan fingerprint density at radius 3 is 2.50 bits per heavy atom. The Morgan fingerprint density at radius 2 is 2.00 bits per heavy atom. The van der Waals surface area contributed by atoms with Gasteiger partial charge in [-0.3, -0.25) is 5.41 Å². The molecule has 0 aromatic heterocycles. The van der Waals surface area contributed by atoms with Gasteiger partial charge in [0.25, 0.3) is 0 Å². The van der Waals surface area contributed by atoms with Gasteiger partial charge in [0.05, 0.1) is 6.61 Å². The minimum Gasteiger partial charge on any atom is -0.477 e. The second kappa shape index (κ2) is 10.1. The summed E-state index contributed by atoms with van der Waals surface area (Å²) in [5.41, 5.74) is 1.18. The normalized spacial score (nSPS) is 11.7. The van der Waals surface area contributed by atoms with E-state index in [9.17, 15) is 0 Å². The van der Waals surface area contributed by atoms with Crippen molar-refractivity contribution in [1.82, 2.24) is 4.90 Å². The van der Waals surface area contributed by atoms with Crippen molar-refractivity contribution in [3.63, 3.8) is 0 Å². The number of unbranched alkanes of at least 4 members (excludes halogenated alkanes) is 3. The van der Waals surface area contributed by atoms with Crippen molar-refractivity contribution in [3.8, 4) is 0 Å². The van der Waals surface area contributed by atoms with E-state index in [1.165, 1.54) is 12.8 Å². The van der Waals surface area contributed by atoms with Gasteiger partial charge in [-0.1, -0.05) is 32.8 Å². The first kappa shape index (κ1) is 17.2. The summed E-state index contributed by atoms with van der Waals surface area (Å²) in [4.78, 5) is 1.97. The van der Waals surface area contributed by atoms with Crippen molar-refractivity contribution in [2.24, 2.45) is 4.40 Å². The van der Waals surface area contributed by atoms with Crippen molar-refractivity contribution in [2.75, 3.05) is 27.2 Å². The SMILES string of the molecule is C=C(CN(C)C)/C(=N/S)C(=N)OCCCCCC. The monoisotopic (exact) mass is 271 g/mol. The zero-order valence-corrected chi connectivity index (χ0v) is 12.6. The Hall–Kier alpha value is -0.810. The summed E-state index contributed by atoms with van der Waals surface area (Å²) in [5.74, 6) is 0.0633. The average molecular weight is 271 g/mol. The lowest BCUT2D eigenvalue weighted by atomic mass is 10.1. The van der Waals surface area contributed by atoms with Crippen molar-refractivity contribution in [1.29, 1.82) is 5.41 Å². The molecule has 0 spiro atoms. The van der Waals surface area contributed by atoms with E-state index < -0.39 is 0 Å². The molecule has 4 nitrogen and oxygen atoms in total. The number of thiol groups is 1. The van der Waals surface area contributed by atoms with Gasteiger partial charge in [0.1, 0.15) is 5.71 Å². The Bertz CT molecular complexity index is 301. The lowest BCUT2D eigenvalue weighted by molar-refractivity contribution is 0.295. The lowest BCUT2D eigenvalue weighted by Crippen LogP contribution is -2.25. The fourth-order valence-corrected chi connectivity index (χ4v) is 1.74. The third-order valence-corrected chi connectivity index (χ3v) is 2.60. The van der Waals surface area contributed by atoms with Gasteiger partial charge in [0.15, 0.2) is 0 Å². The highest BCUT2D eigenvalue weighted by Gasteiger charge is 2.13. The first-order chi connectivity index (χ1) is 8.52. The molecule has 0 aliphatic heterocycles. The van der Waals surface area contributed by atoms with Crippen molar-refractivity contribution < 1.29 is 4.74 Å². The van der Waals surface area contributed by atoms with Crippen LogP contribution in [-0.2, 0) is 4.74 Å². The predicted molar refractivity (Wildman–Crippen MR) is 81.9 cm³/mol. The smallest absolute Gasteiger partial charge is 0.233 e. The third kappa shape index (κ3) is 7.50. The van der Waals surface area contributed by atoms with Gasteiger partial charge in [0, 0.05) is 6.54 Å². The lowest BCUT2D eigenvalue weighted by Gasteiger charge is -2.14. The van der Waals surface area contributed by atoms with Crippen LogP contribution >= 0.6 is 12.8 Å². The molecule has 0 unspecified atom stereocenters. The van der Waals surface area contributed by atoms with Crippen LogP contribution in [0.25, 0.3) is 0 Å². The van der Waals surface area contributed by atoms with Crippen LogP contribution in [0.5, 0.6) is 0 Å². The molecule has 0 radical (unpaired) electrons. The number of hydrogen-bond donors (Lipinski definition) is 2. The third-order valence-electron chi connectivity index (χ3n) is 2.40. The summed E-state index contributed by atoms with van der Waals surface area (Å²) in [6, 6.07) is 0. The number of nitrogens with one attached hydrogen (secondary N) is 1. The second-order valence-corrected chi connectivity index (χ2v) is 4.73. The number of ether oxygens (including phenoxy) is 1. The molecule has 0 aromatic rings. The van der Waals surface area contributed by atoms with E-state index in [1.54, 1.807) is 0 Å². The van der Waals surface area contributed by atoms with Crippen LogP contribution < -0.4 is 0 Å². The van der Waals surface area contributed by atoms with Crippen LogP contribution in [0.1, 0.15) is 32.6 Å². The topological polar surface area (TPSA) is 48.7 Å². The first-order valence-corrected chi connectivity index (χ1v) is 6.69. The van der Waals surface area contributed by atoms with E-state index in [4.69, 9.17) is 10.1 Å². The number of nitrogens with zero attached hydrogens (tertiary/aromatic N) is 2. The van der Waals surface area contributed by atoms with Gasteiger partial charge in [-0.05, 0) is 38.9 Å². The Kier molecular flexibility index (Phi) is 9.69. The van der Waals surface area contributed by atoms with Crippen LogP contribution in [0, 0.1) is 5.41 Å². The van der Waals surface area contributed by atoms with E-state index in [-0.39, 0.29) is 5.90 Å². The van der Waals surface area contributed by atoms with Gasteiger partial charge in [0.2, 0.25) is 5.90 Å². The summed E-state index contributed by atoms with van der Waals surface area (Å²) in [7, 11) is 3.88. The van der Waals surface area contributed by atoms with Crippen LogP contribution in [-0.4, -0.2) is 43.8 Å². The zero-order chi connectivity index (χ0) is 14.0. The van der Waals surface area contributed by atoms with Crippen molar-refractivity contribution >= 4 is 24.4 Å². The molecule has 0 amide bonds. The summed E-state index contributed by atoms with van der Waals surface area (Å²) in [6.45, 7) is 7.27. The molecular formula is C13H25N3OS. The molecule has 5 heteroatoms. The standard InChI is InChI=1S/C13H25N3OS/c1-5-6-7-8-9-17-13(14)12(15-18)11(2)10-16(3)4/h14,18H,2,5-10H2,1,3-4H3/b14-13?,15-12-. The number of rotatable bonds is 9. The molecule has 0 aromatic carbocycles. The van der Waals surface area contributed by atoms with Crippen molar-refractivity contribution in [3.05, 3.63) is 12.2 Å². The molecule has 0 saturated carbocycles. The fourth-order valence-electron chi connectivity index (χ4n) is 1.50. The second-order valence-electron chi connectivity index (χ2n) is 4.53. The molecular weight excluding hydrogens is 246 g/mol. The molecule has 0 rings (SSSR count). The number of hydrogen-bond acceptors (Lipinski definition) is 5. The molecule has 0 bridgehead atoms. The van der Waals surface area contributed by atoms with Crippen LogP contribution in [0.2, 0.25) is 0 Å². The van der Waals surface area contributed by atoms with Crippen LogP contribution in [0.15, 0.2) is 16.5 Å². The van der Waals surface area contributed by atoms with Crippen LogP contribution in [0.3, 0.4) is 0 Å². The van der Waals surface area contributed by atoms with E-state index in [2.05, 4.69) is 30.7 Å². The van der Waals surface area contributed by atoms with Crippen molar-refractivity contribution in [2.45, 2.75) is 32.6 Å². The predicted octanol–water partition coefficient (Wildman–Crippen LogP) is 2.96. The van der Waals surface area contributed by atoms with E-state index >= 15 is 0 Å². The zero-order valence-electron chi connectivity index (χ0n) is 11.7. The molecule has 104 valence electrons. The molecule has 0 aliphatic carbocycles. The summed E-state index contributed by atoms with van der Waals surface area (Å²) in [5, 5.41) is 7.82. The Labute approximate surface area is 116 Å². The minimum absolute atomic E-state index is 0.0633. The first-order valence-electron chi connectivity index (χ1n) is 6.29. The Morgan fingerprint density at radius 1 is 1.33 bits per heavy atom. The molecule has 0 atom stereocenters. The molecule has 0 aliphatic rings. The summed E-state index contributed by atoms with van der Waals surface area (Å²) >= 11 is 3.88. The maximum atomic E-state index is 7.82. The largest absolute Gasteiger partial charge is 0.477 e. The van der Waals surface area contributed by atoms with Crippen LogP contribution in [0.4, 0.5) is 0 Å². The fraction of sp³-hybridized carbons (Fsp3) is 0.692. The maximum absolute atomic E-state index is 7.82. The summed E-state index contributed by atoms with van der Waals surface area (Å²) in [6.07, 6.45) is 4.50. The quantitative estimate of drug-likeness (QED) is 0.293. The van der Waals surface area contributed by atoms with Gasteiger partial charge < -0.3 is 9.64 Å².